The molecule has 0 saturated carbocycles. The van der Waals surface area contributed by atoms with Gasteiger partial charge in [0.1, 0.15) is 0 Å². The van der Waals surface area contributed by atoms with Gasteiger partial charge in [0.05, 0.1) is 0 Å². The van der Waals surface area contributed by atoms with Crippen LogP contribution in [0.1, 0.15) is 24.5 Å². The van der Waals surface area contributed by atoms with E-state index in [1.807, 2.05) is 37.3 Å². The summed E-state index contributed by atoms with van der Waals surface area (Å²) in [5.74, 6) is 0.00790. The summed E-state index contributed by atoms with van der Waals surface area (Å²) < 4.78 is 0. The summed E-state index contributed by atoms with van der Waals surface area (Å²) in [5, 5.41) is 2.74. The van der Waals surface area contributed by atoms with Crippen molar-refractivity contribution in [3.63, 3.8) is 0 Å². The summed E-state index contributed by atoms with van der Waals surface area (Å²) in [6.07, 6.45) is 4.90. The van der Waals surface area contributed by atoms with E-state index >= 15 is 0 Å². The molecule has 0 aliphatic rings. The number of rotatable bonds is 4. The summed E-state index contributed by atoms with van der Waals surface area (Å²) in [4.78, 5) is 10.6. The molecule has 0 aromatic heterocycles. The molecule has 0 bridgehead atoms. The second-order valence-corrected chi connectivity index (χ2v) is 3.74. The van der Waals surface area contributed by atoms with Crippen molar-refractivity contribution in [2.45, 2.75) is 20.3 Å². The molecule has 1 rings (SSSR count). The van der Waals surface area contributed by atoms with Crippen LogP contribution in [0.15, 0.2) is 24.3 Å². The Balaban J connectivity index is 2.50. The molecular weight excluding hydrogens is 200 g/mol. The van der Waals surface area contributed by atoms with Crippen molar-refractivity contribution < 1.29 is 4.79 Å². The monoisotopic (exact) mass is 218 g/mol. The molecule has 86 valence electrons. The number of hydrogen-bond donors (Lipinski definition) is 2. The molecule has 0 saturated heterocycles. The van der Waals surface area contributed by atoms with Crippen LogP contribution in [0.4, 0.5) is 5.69 Å². The topological polar surface area (TPSA) is 55.1 Å². The third-order valence-corrected chi connectivity index (χ3v) is 2.40. The predicted molar refractivity (Wildman–Crippen MR) is 67.9 cm³/mol. The highest BCUT2D eigenvalue weighted by atomic mass is 16.1. The number of carbonyl (C=O) groups is 1. The van der Waals surface area contributed by atoms with Crippen LogP contribution in [-0.2, 0) is 4.79 Å². The average Bonchev–Trinajstić information content (AvgIpc) is 2.23. The highest BCUT2D eigenvalue weighted by molar-refractivity contribution is 5.72. The molecule has 0 radical (unpaired) electrons. The van der Waals surface area contributed by atoms with E-state index in [1.165, 1.54) is 6.92 Å². The Morgan fingerprint density at radius 3 is 2.94 bits per heavy atom. The number of amides is 1. The third-order valence-electron chi connectivity index (χ3n) is 2.40. The molecule has 0 aliphatic carbocycles. The molecule has 16 heavy (non-hydrogen) atoms. The number of hydrogen-bond acceptors (Lipinski definition) is 2. The Bertz CT molecular complexity index is 397. The normalized spacial score (nSPS) is 10.6. The first-order valence-corrected chi connectivity index (χ1v) is 5.37. The van der Waals surface area contributed by atoms with Crippen LogP contribution in [0.5, 0.6) is 0 Å². The Kier molecular flexibility index (Phi) is 4.58. The van der Waals surface area contributed by atoms with Gasteiger partial charge in [0.15, 0.2) is 0 Å². The minimum atomic E-state index is 0.00790. The fourth-order valence-electron chi connectivity index (χ4n) is 1.39. The molecular formula is C13H18N2O. The van der Waals surface area contributed by atoms with Gasteiger partial charge in [0.25, 0.3) is 0 Å². The van der Waals surface area contributed by atoms with Crippen molar-refractivity contribution in [3.05, 3.63) is 35.4 Å². The van der Waals surface area contributed by atoms with E-state index in [0.717, 1.165) is 23.2 Å². The minimum Gasteiger partial charge on any atom is -0.398 e. The van der Waals surface area contributed by atoms with E-state index in [1.54, 1.807) is 0 Å². The van der Waals surface area contributed by atoms with Gasteiger partial charge in [-0.1, -0.05) is 24.3 Å². The molecule has 3 heteroatoms. The molecule has 0 spiro atoms. The maximum Gasteiger partial charge on any atom is 0.216 e. The molecule has 0 aliphatic heterocycles. The fraction of sp³-hybridized carbons (Fsp3) is 0.308. The van der Waals surface area contributed by atoms with Crippen molar-refractivity contribution >= 4 is 17.7 Å². The molecule has 0 atom stereocenters. The summed E-state index contributed by atoms with van der Waals surface area (Å²) in [6.45, 7) is 4.20. The SMILES string of the molecule is CC(=O)NCCC=Cc1cccc(N)c1C. The number of anilines is 1. The van der Waals surface area contributed by atoms with E-state index in [-0.39, 0.29) is 5.91 Å². The van der Waals surface area contributed by atoms with Gasteiger partial charge in [-0.05, 0) is 30.5 Å². The fourth-order valence-corrected chi connectivity index (χ4v) is 1.39. The molecule has 0 heterocycles. The van der Waals surface area contributed by atoms with Gasteiger partial charge in [0, 0.05) is 19.2 Å². The maximum absolute atomic E-state index is 10.6. The van der Waals surface area contributed by atoms with Gasteiger partial charge < -0.3 is 11.1 Å². The Morgan fingerprint density at radius 2 is 2.25 bits per heavy atom. The van der Waals surface area contributed by atoms with Crippen LogP contribution in [-0.4, -0.2) is 12.5 Å². The van der Waals surface area contributed by atoms with Crippen LogP contribution in [0.25, 0.3) is 6.08 Å². The van der Waals surface area contributed by atoms with Gasteiger partial charge >= 0.3 is 0 Å². The summed E-state index contributed by atoms with van der Waals surface area (Å²) in [6, 6.07) is 5.86. The zero-order chi connectivity index (χ0) is 12.0. The lowest BCUT2D eigenvalue weighted by molar-refractivity contribution is -0.118. The zero-order valence-corrected chi connectivity index (χ0v) is 9.79. The molecule has 1 aromatic rings. The lowest BCUT2D eigenvalue weighted by Gasteiger charge is -2.03. The lowest BCUT2D eigenvalue weighted by atomic mass is 10.1. The van der Waals surface area contributed by atoms with E-state index < -0.39 is 0 Å². The van der Waals surface area contributed by atoms with Gasteiger partial charge in [-0.15, -0.1) is 0 Å². The Labute approximate surface area is 96.3 Å². The van der Waals surface area contributed by atoms with Crippen molar-refractivity contribution in [2.75, 3.05) is 12.3 Å². The Hall–Kier alpha value is -1.77. The van der Waals surface area contributed by atoms with Gasteiger partial charge in [-0.2, -0.15) is 0 Å². The highest BCUT2D eigenvalue weighted by Gasteiger charge is 1.96. The highest BCUT2D eigenvalue weighted by Crippen LogP contribution is 2.16. The molecule has 3 nitrogen and oxygen atoms in total. The summed E-state index contributed by atoms with van der Waals surface area (Å²) in [5.41, 5.74) is 8.83. The van der Waals surface area contributed by atoms with Crippen LogP contribution >= 0.6 is 0 Å². The van der Waals surface area contributed by atoms with Crippen LogP contribution < -0.4 is 11.1 Å². The van der Waals surface area contributed by atoms with E-state index in [9.17, 15) is 4.79 Å². The first-order valence-electron chi connectivity index (χ1n) is 5.37. The first kappa shape index (κ1) is 12.3. The van der Waals surface area contributed by atoms with Crippen molar-refractivity contribution in [2.24, 2.45) is 0 Å². The van der Waals surface area contributed by atoms with Crippen molar-refractivity contribution in [1.29, 1.82) is 0 Å². The smallest absolute Gasteiger partial charge is 0.216 e. The van der Waals surface area contributed by atoms with Crippen LogP contribution in [0.2, 0.25) is 0 Å². The number of nitrogens with one attached hydrogen (secondary N) is 1. The molecule has 1 amide bonds. The molecule has 1 aromatic carbocycles. The average molecular weight is 218 g/mol. The second-order valence-electron chi connectivity index (χ2n) is 3.74. The first-order chi connectivity index (χ1) is 7.61. The van der Waals surface area contributed by atoms with Gasteiger partial charge in [0.2, 0.25) is 5.91 Å². The van der Waals surface area contributed by atoms with Crippen LogP contribution in [0.3, 0.4) is 0 Å². The van der Waals surface area contributed by atoms with Crippen molar-refractivity contribution in [1.82, 2.24) is 5.32 Å². The Morgan fingerprint density at radius 1 is 1.50 bits per heavy atom. The molecule has 0 unspecified atom stereocenters. The molecule has 0 fully saturated rings. The standard InChI is InChI=1S/C13H18N2O/c1-10-12(7-5-8-13(10)14)6-3-4-9-15-11(2)16/h3,5-8H,4,9,14H2,1-2H3,(H,15,16). The number of nitrogens with two attached hydrogens (primary N) is 1. The third kappa shape index (κ3) is 3.77. The van der Waals surface area contributed by atoms with E-state index in [0.29, 0.717) is 6.54 Å². The number of nitrogen functional groups attached to an aromatic ring is 1. The van der Waals surface area contributed by atoms with Gasteiger partial charge in [-0.3, -0.25) is 4.79 Å². The summed E-state index contributed by atoms with van der Waals surface area (Å²) >= 11 is 0. The summed E-state index contributed by atoms with van der Waals surface area (Å²) in [7, 11) is 0. The second kappa shape index (κ2) is 5.95. The van der Waals surface area contributed by atoms with Crippen LogP contribution in [0, 0.1) is 6.92 Å². The largest absolute Gasteiger partial charge is 0.398 e. The predicted octanol–water partition coefficient (Wildman–Crippen LogP) is 2.12. The minimum absolute atomic E-state index is 0.00790. The number of benzene rings is 1. The van der Waals surface area contributed by atoms with E-state index in [2.05, 4.69) is 5.32 Å². The van der Waals surface area contributed by atoms with Gasteiger partial charge in [-0.25, -0.2) is 0 Å². The van der Waals surface area contributed by atoms with Crippen molar-refractivity contribution in [3.8, 4) is 0 Å². The lowest BCUT2D eigenvalue weighted by Crippen LogP contribution is -2.20. The maximum atomic E-state index is 10.6. The molecule has 3 N–H and O–H groups in total. The zero-order valence-electron chi connectivity index (χ0n) is 9.79. The van der Waals surface area contributed by atoms with E-state index in [4.69, 9.17) is 5.73 Å². The quantitative estimate of drug-likeness (QED) is 0.600. The number of carbonyl (C=O) groups excluding carboxylic acids is 1.